The average Bonchev–Trinajstić information content (AvgIpc) is 2.81. The average molecular weight is 489 g/mol. The first kappa shape index (κ1) is 29.3. The molecule has 35 heavy (non-hydrogen) atoms. The smallest absolute Gasteiger partial charge is 0.337 e. The summed E-state index contributed by atoms with van der Waals surface area (Å²) in [6.45, 7) is 19.5. The normalized spacial score (nSPS) is 19.9. The van der Waals surface area contributed by atoms with E-state index in [-0.39, 0.29) is 23.3 Å². The van der Waals surface area contributed by atoms with Crippen LogP contribution in [0.3, 0.4) is 0 Å². The van der Waals surface area contributed by atoms with Crippen LogP contribution in [0, 0.1) is 0 Å². The van der Waals surface area contributed by atoms with Crippen LogP contribution >= 0.6 is 0 Å². The molecule has 1 amide bonds. The Morgan fingerprint density at radius 2 is 1.69 bits per heavy atom. The van der Waals surface area contributed by atoms with Gasteiger partial charge >= 0.3 is 5.97 Å². The van der Waals surface area contributed by atoms with Crippen LogP contribution in [-0.2, 0) is 19.2 Å². The van der Waals surface area contributed by atoms with Crippen LogP contribution in [0.4, 0.5) is 0 Å². The first-order valence-corrected chi connectivity index (χ1v) is 13.3. The van der Waals surface area contributed by atoms with E-state index in [9.17, 15) is 9.59 Å². The van der Waals surface area contributed by atoms with Crippen molar-refractivity contribution in [3.8, 4) is 0 Å². The highest BCUT2D eigenvalue weighted by molar-refractivity contribution is 5.88. The third-order valence-electron chi connectivity index (χ3n) is 7.28. The second-order valence-corrected chi connectivity index (χ2v) is 11.6. The third-order valence-corrected chi connectivity index (χ3v) is 7.28. The Morgan fingerprint density at radius 1 is 1.09 bits per heavy atom. The van der Waals surface area contributed by atoms with Gasteiger partial charge in [0, 0.05) is 12.1 Å². The van der Waals surface area contributed by atoms with E-state index >= 15 is 0 Å². The van der Waals surface area contributed by atoms with Crippen molar-refractivity contribution >= 4 is 11.9 Å². The summed E-state index contributed by atoms with van der Waals surface area (Å²) < 4.78 is 5.64. The molecule has 198 valence electrons. The number of carbonyl (C=O) groups is 2. The van der Waals surface area contributed by atoms with E-state index in [0.29, 0.717) is 32.4 Å². The number of nitrogens with zero attached hydrogens (tertiary/aromatic N) is 2. The molecule has 2 unspecified atom stereocenters. The predicted molar refractivity (Wildman–Crippen MR) is 141 cm³/mol. The van der Waals surface area contributed by atoms with Crippen LogP contribution in [0.1, 0.15) is 106 Å². The van der Waals surface area contributed by atoms with Gasteiger partial charge in [-0.25, -0.2) is 4.79 Å². The van der Waals surface area contributed by atoms with E-state index in [1.54, 1.807) is 0 Å². The number of esters is 1. The maximum Gasteiger partial charge on any atom is 0.337 e. The zero-order valence-corrected chi connectivity index (χ0v) is 23.5. The lowest BCUT2D eigenvalue weighted by molar-refractivity contribution is -0.311. The Kier molecular flexibility index (Phi) is 9.95. The van der Waals surface area contributed by atoms with Gasteiger partial charge in [0.2, 0.25) is 5.91 Å². The van der Waals surface area contributed by atoms with Crippen molar-refractivity contribution in [3.05, 3.63) is 35.9 Å². The van der Waals surface area contributed by atoms with Gasteiger partial charge in [-0.1, -0.05) is 64.4 Å². The number of rotatable bonds is 11. The van der Waals surface area contributed by atoms with Crippen LogP contribution in [0.25, 0.3) is 0 Å². The summed E-state index contributed by atoms with van der Waals surface area (Å²) in [4.78, 5) is 35.8. The molecule has 1 aliphatic rings. The molecule has 1 aliphatic heterocycles. The van der Waals surface area contributed by atoms with Gasteiger partial charge in [-0.2, -0.15) is 5.06 Å². The molecule has 1 heterocycles. The number of piperazine rings is 1. The molecule has 2 rings (SSSR count). The number of carbonyl (C=O) groups excluding carboxylic acids is 2. The Morgan fingerprint density at radius 3 is 2.20 bits per heavy atom. The molecule has 1 fully saturated rings. The second-order valence-electron chi connectivity index (χ2n) is 11.6. The van der Waals surface area contributed by atoms with Gasteiger partial charge in [0.1, 0.15) is 5.54 Å². The van der Waals surface area contributed by atoms with Gasteiger partial charge in [0.15, 0.2) is 6.10 Å². The molecule has 0 aliphatic carbocycles. The van der Waals surface area contributed by atoms with Crippen LogP contribution in [0.2, 0.25) is 0 Å². The van der Waals surface area contributed by atoms with Crippen LogP contribution in [0.5, 0.6) is 0 Å². The van der Waals surface area contributed by atoms with Crippen LogP contribution in [-0.4, -0.2) is 57.7 Å². The fraction of sp³-hybridized carbons (Fsp3) is 0.724. The minimum Gasteiger partial charge on any atom is -0.464 e. The highest BCUT2D eigenvalue weighted by Gasteiger charge is 2.57. The van der Waals surface area contributed by atoms with Crippen molar-refractivity contribution in [3.63, 3.8) is 0 Å². The second kappa shape index (κ2) is 11.9. The Labute approximate surface area is 213 Å². The van der Waals surface area contributed by atoms with Crippen molar-refractivity contribution in [1.29, 1.82) is 0 Å². The molecule has 0 aromatic heterocycles. The first-order chi connectivity index (χ1) is 16.3. The molecule has 0 spiro atoms. The highest BCUT2D eigenvalue weighted by Crippen LogP contribution is 2.42. The molecule has 1 saturated heterocycles. The van der Waals surface area contributed by atoms with Crippen LogP contribution in [0.15, 0.2) is 30.3 Å². The molecule has 1 aromatic rings. The zero-order valence-electron chi connectivity index (χ0n) is 23.5. The molecule has 2 atom stereocenters. The summed E-state index contributed by atoms with van der Waals surface area (Å²) in [6, 6.07) is 10.1. The van der Waals surface area contributed by atoms with Gasteiger partial charge in [-0.05, 0) is 71.8 Å². The number of benzene rings is 1. The van der Waals surface area contributed by atoms with E-state index in [4.69, 9.17) is 9.57 Å². The molecule has 0 radical (unpaired) electrons. The monoisotopic (exact) mass is 488 g/mol. The van der Waals surface area contributed by atoms with E-state index < -0.39 is 17.2 Å². The Bertz CT molecular complexity index is 827. The summed E-state index contributed by atoms with van der Waals surface area (Å²) in [7, 11) is 0. The fourth-order valence-electron chi connectivity index (χ4n) is 5.02. The lowest BCUT2D eigenvalue weighted by Crippen LogP contribution is -2.75. The summed E-state index contributed by atoms with van der Waals surface area (Å²) in [5.74, 6) is -0.209. The van der Waals surface area contributed by atoms with E-state index in [0.717, 1.165) is 18.4 Å². The molecule has 6 nitrogen and oxygen atoms in total. The van der Waals surface area contributed by atoms with E-state index in [1.165, 1.54) is 0 Å². The van der Waals surface area contributed by atoms with Crippen molar-refractivity contribution < 1.29 is 19.2 Å². The van der Waals surface area contributed by atoms with Gasteiger partial charge in [-0.3, -0.25) is 9.63 Å². The Balaban J connectivity index is 2.43. The van der Waals surface area contributed by atoms with E-state index in [2.05, 4.69) is 60.6 Å². The summed E-state index contributed by atoms with van der Waals surface area (Å²) in [6.07, 6.45) is 2.61. The number of hydroxylamine groups is 2. The van der Waals surface area contributed by atoms with E-state index in [1.807, 2.05) is 42.0 Å². The van der Waals surface area contributed by atoms with Gasteiger partial charge in [0.25, 0.3) is 0 Å². The topological polar surface area (TPSA) is 59.1 Å². The maximum atomic E-state index is 13.9. The minimum atomic E-state index is -0.854. The molecule has 0 bridgehead atoms. The van der Waals surface area contributed by atoms with Crippen LogP contribution < -0.4 is 0 Å². The quantitative estimate of drug-likeness (QED) is 0.278. The molecule has 6 heteroatoms. The first-order valence-electron chi connectivity index (χ1n) is 13.3. The highest BCUT2D eigenvalue weighted by atomic mass is 16.7. The third kappa shape index (κ3) is 6.65. The number of hydrogen-bond donors (Lipinski definition) is 0. The van der Waals surface area contributed by atoms with Crippen molar-refractivity contribution in [2.45, 2.75) is 123 Å². The number of unbranched alkanes of at least 4 members (excludes halogenated alkanes) is 1. The standard InChI is InChI=1S/C29H48N2O4/c1-10-13-19-34-25(32)24(20-22(4)23-17-15-14-16-18-23)35-31-28(8,9)21-30(27(5,6)7)26(33)29(31,11-2)12-3/h14-18,22,24H,10-13,19-21H2,1-9H3. The molecule has 0 saturated carbocycles. The molecule has 1 aromatic carbocycles. The number of hydrogen-bond acceptors (Lipinski definition) is 5. The molecule has 0 N–H and O–H groups in total. The van der Waals surface area contributed by atoms with Crippen molar-refractivity contribution in [2.75, 3.05) is 13.2 Å². The molecular weight excluding hydrogens is 440 g/mol. The fourth-order valence-corrected chi connectivity index (χ4v) is 5.02. The minimum absolute atomic E-state index is 0.0588. The lowest BCUT2D eigenvalue weighted by atomic mass is 9.80. The Hall–Kier alpha value is -1.92. The van der Waals surface area contributed by atoms with Gasteiger partial charge < -0.3 is 9.64 Å². The largest absolute Gasteiger partial charge is 0.464 e. The summed E-state index contributed by atoms with van der Waals surface area (Å²) in [5, 5.41) is 1.86. The lowest BCUT2D eigenvalue weighted by Gasteiger charge is -2.59. The molecular formula is C29H48N2O4. The van der Waals surface area contributed by atoms with Gasteiger partial charge in [-0.15, -0.1) is 0 Å². The number of ether oxygens (including phenoxy) is 1. The van der Waals surface area contributed by atoms with Crippen molar-refractivity contribution in [1.82, 2.24) is 9.96 Å². The van der Waals surface area contributed by atoms with Crippen molar-refractivity contribution in [2.24, 2.45) is 0 Å². The SMILES string of the molecule is CCCCOC(=O)C(CC(C)c1ccccc1)ON1C(C)(C)CN(C(C)(C)C)C(=O)C1(CC)CC. The summed E-state index contributed by atoms with van der Waals surface area (Å²) in [5.41, 5.74) is -0.512. The predicted octanol–water partition coefficient (Wildman–Crippen LogP) is 6.10. The maximum absolute atomic E-state index is 13.9. The zero-order chi connectivity index (χ0) is 26.4. The summed E-state index contributed by atoms with van der Waals surface area (Å²) >= 11 is 0. The number of amides is 1. The van der Waals surface area contributed by atoms with Gasteiger partial charge in [0.05, 0.1) is 12.1 Å².